The van der Waals surface area contributed by atoms with Gasteiger partial charge in [0.05, 0.1) is 16.5 Å². The number of fused-ring (bicyclic) bond motifs is 1. The van der Waals surface area contributed by atoms with E-state index >= 15 is 0 Å². The first kappa shape index (κ1) is 20.4. The molecule has 1 aliphatic heterocycles. The van der Waals surface area contributed by atoms with E-state index < -0.39 is 10.0 Å². The van der Waals surface area contributed by atoms with Gasteiger partial charge in [-0.3, -0.25) is 4.90 Å². The minimum absolute atomic E-state index is 0.0867. The number of likely N-dealkylation sites (tertiary alicyclic amines) is 1. The third-order valence-corrected chi connectivity index (χ3v) is 6.96. The van der Waals surface area contributed by atoms with E-state index in [0.29, 0.717) is 12.2 Å². The lowest BCUT2D eigenvalue weighted by molar-refractivity contribution is 0.171. The molecule has 30 heavy (non-hydrogen) atoms. The number of H-pyrrole nitrogens is 1. The predicted molar refractivity (Wildman–Crippen MR) is 115 cm³/mol. The van der Waals surface area contributed by atoms with E-state index in [9.17, 15) is 8.42 Å². The van der Waals surface area contributed by atoms with E-state index in [0.717, 1.165) is 49.1 Å². The van der Waals surface area contributed by atoms with Crippen LogP contribution in [0.4, 0.5) is 0 Å². The molecule has 3 aromatic rings. The number of rotatable bonds is 7. The molecule has 156 valence electrons. The van der Waals surface area contributed by atoms with Crippen molar-refractivity contribution in [2.24, 2.45) is 0 Å². The smallest absolute Gasteiger partial charge is 0.240 e. The number of aromatic amines is 1. The zero-order chi connectivity index (χ0) is 21.0. The lowest BCUT2D eigenvalue weighted by Crippen LogP contribution is -2.45. The highest BCUT2D eigenvalue weighted by atomic mass is 32.2. The number of ether oxygens (including phenoxy) is 1. The number of piperidine rings is 1. The van der Waals surface area contributed by atoms with Crippen LogP contribution in [0.15, 0.2) is 59.6 Å². The number of sulfonamides is 1. The van der Waals surface area contributed by atoms with Gasteiger partial charge in [-0.05, 0) is 68.4 Å². The van der Waals surface area contributed by atoms with Gasteiger partial charge >= 0.3 is 0 Å². The second-order valence-corrected chi connectivity index (χ2v) is 9.13. The van der Waals surface area contributed by atoms with Crippen LogP contribution in [0.5, 0.6) is 5.75 Å². The molecular formula is C22H24N4O3S. The van der Waals surface area contributed by atoms with Crippen molar-refractivity contribution in [2.45, 2.75) is 23.8 Å². The van der Waals surface area contributed by atoms with E-state index in [-0.39, 0.29) is 10.9 Å². The number of nitrogens with zero attached hydrogens (tertiary/aromatic N) is 2. The van der Waals surface area contributed by atoms with Crippen molar-refractivity contribution < 1.29 is 13.2 Å². The Kier molecular flexibility index (Phi) is 6.04. The summed E-state index contributed by atoms with van der Waals surface area (Å²) in [6, 6.07) is 15.9. The molecule has 0 bridgehead atoms. The van der Waals surface area contributed by atoms with Crippen LogP contribution >= 0.6 is 0 Å². The lowest BCUT2D eigenvalue weighted by atomic mass is 10.1. The van der Waals surface area contributed by atoms with E-state index in [2.05, 4.69) is 14.6 Å². The van der Waals surface area contributed by atoms with Crippen LogP contribution in [-0.2, 0) is 10.0 Å². The molecule has 0 atom stereocenters. The second kappa shape index (κ2) is 8.88. The Labute approximate surface area is 176 Å². The molecule has 0 unspecified atom stereocenters. The Balaban J connectivity index is 1.24. The maximum atomic E-state index is 12.6. The van der Waals surface area contributed by atoms with Crippen molar-refractivity contribution in [1.82, 2.24) is 14.6 Å². The maximum absolute atomic E-state index is 12.6. The molecule has 1 aliphatic rings. The van der Waals surface area contributed by atoms with Gasteiger partial charge in [-0.1, -0.05) is 6.07 Å². The second-order valence-electron chi connectivity index (χ2n) is 7.42. The average Bonchev–Trinajstić information content (AvgIpc) is 3.25. The summed E-state index contributed by atoms with van der Waals surface area (Å²) in [6.45, 7) is 3.03. The van der Waals surface area contributed by atoms with E-state index in [1.807, 2.05) is 36.5 Å². The third kappa shape index (κ3) is 4.65. The van der Waals surface area contributed by atoms with Crippen LogP contribution in [0.25, 0.3) is 10.9 Å². The van der Waals surface area contributed by atoms with E-state index in [1.54, 1.807) is 0 Å². The lowest BCUT2D eigenvalue weighted by Gasteiger charge is -2.32. The summed E-state index contributed by atoms with van der Waals surface area (Å²) >= 11 is 0. The number of nitrogens with one attached hydrogen (secondary N) is 2. The van der Waals surface area contributed by atoms with Crippen molar-refractivity contribution in [2.75, 3.05) is 26.2 Å². The maximum Gasteiger partial charge on any atom is 0.240 e. The fourth-order valence-electron chi connectivity index (χ4n) is 3.74. The topological polar surface area (TPSA) is 98.2 Å². The van der Waals surface area contributed by atoms with Crippen molar-refractivity contribution in [3.8, 4) is 11.8 Å². The van der Waals surface area contributed by atoms with Gasteiger partial charge in [0.2, 0.25) is 10.0 Å². The summed E-state index contributed by atoms with van der Waals surface area (Å²) in [7, 11) is -3.58. The van der Waals surface area contributed by atoms with Gasteiger partial charge in [0.15, 0.2) is 0 Å². The largest absolute Gasteiger partial charge is 0.492 e. The molecular weight excluding hydrogens is 400 g/mol. The van der Waals surface area contributed by atoms with E-state index in [4.69, 9.17) is 10.00 Å². The first-order valence-corrected chi connectivity index (χ1v) is 11.5. The molecule has 0 radical (unpaired) electrons. The Hall–Kier alpha value is -2.86. The zero-order valence-electron chi connectivity index (χ0n) is 16.5. The summed E-state index contributed by atoms with van der Waals surface area (Å²) in [5, 5.41) is 9.93. The van der Waals surface area contributed by atoms with Gasteiger partial charge in [0.1, 0.15) is 12.4 Å². The highest BCUT2D eigenvalue weighted by Crippen LogP contribution is 2.24. The quantitative estimate of drug-likeness (QED) is 0.608. The minimum atomic E-state index is -3.58. The SMILES string of the molecule is N#Cc1ccc(S(=O)(=O)NC2CCN(CCOc3cccc4[nH]ccc34)CC2)cc1. The first-order chi connectivity index (χ1) is 14.5. The zero-order valence-corrected chi connectivity index (χ0v) is 17.4. The third-order valence-electron chi connectivity index (χ3n) is 5.42. The number of benzene rings is 2. The molecule has 1 saturated heterocycles. The van der Waals surface area contributed by atoms with Gasteiger partial charge in [-0.15, -0.1) is 0 Å². The standard InChI is InChI=1S/C22H24N4O3S/c23-16-17-4-6-19(7-5-17)30(27,28)25-18-9-12-26(13-10-18)14-15-29-22-3-1-2-21-20(22)8-11-24-21/h1-8,11,18,24-25H,9-10,12-15H2. The van der Waals surface area contributed by atoms with E-state index in [1.165, 1.54) is 24.3 Å². The van der Waals surface area contributed by atoms with Crippen LogP contribution in [0, 0.1) is 11.3 Å². The monoisotopic (exact) mass is 424 g/mol. The molecule has 8 heteroatoms. The highest BCUT2D eigenvalue weighted by Gasteiger charge is 2.24. The van der Waals surface area contributed by atoms with Crippen LogP contribution < -0.4 is 9.46 Å². The molecule has 2 aromatic carbocycles. The van der Waals surface area contributed by atoms with Crippen molar-refractivity contribution in [3.63, 3.8) is 0 Å². The number of nitriles is 1. The Morgan fingerprint density at radius 1 is 1.13 bits per heavy atom. The number of aromatic nitrogens is 1. The van der Waals surface area contributed by atoms with Gasteiger partial charge in [-0.25, -0.2) is 13.1 Å². The number of hydrogen-bond donors (Lipinski definition) is 2. The summed E-state index contributed by atoms with van der Waals surface area (Å²) in [5.74, 6) is 0.874. The van der Waals surface area contributed by atoms with Crippen LogP contribution in [0.3, 0.4) is 0 Å². The number of hydrogen-bond acceptors (Lipinski definition) is 5. The van der Waals surface area contributed by atoms with Crippen molar-refractivity contribution >= 4 is 20.9 Å². The van der Waals surface area contributed by atoms with Crippen molar-refractivity contribution in [1.29, 1.82) is 5.26 Å². The molecule has 1 fully saturated rings. The van der Waals surface area contributed by atoms with Crippen LogP contribution in [0.1, 0.15) is 18.4 Å². The molecule has 0 aliphatic carbocycles. The molecule has 0 saturated carbocycles. The van der Waals surface area contributed by atoms with Crippen LogP contribution in [-0.4, -0.2) is 50.6 Å². The normalized spacial score (nSPS) is 15.8. The highest BCUT2D eigenvalue weighted by molar-refractivity contribution is 7.89. The summed E-state index contributed by atoms with van der Waals surface area (Å²) in [4.78, 5) is 5.67. The van der Waals surface area contributed by atoms with Gasteiger partial charge in [-0.2, -0.15) is 5.26 Å². The van der Waals surface area contributed by atoms with Crippen LogP contribution in [0.2, 0.25) is 0 Å². The fourth-order valence-corrected chi connectivity index (χ4v) is 5.04. The van der Waals surface area contributed by atoms with Crippen molar-refractivity contribution in [3.05, 3.63) is 60.3 Å². The Morgan fingerprint density at radius 2 is 1.90 bits per heavy atom. The molecule has 0 spiro atoms. The molecule has 0 amide bonds. The fraction of sp³-hybridized carbons (Fsp3) is 0.318. The predicted octanol–water partition coefficient (Wildman–Crippen LogP) is 2.86. The summed E-state index contributed by atoms with van der Waals surface area (Å²) in [5.41, 5.74) is 1.50. The molecule has 2 N–H and O–H groups in total. The molecule has 7 nitrogen and oxygen atoms in total. The van der Waals surface area contributed by atoms with Gasteiger partial charge in [0.25, 0.3) is 0 Å². The van der Waals surface area contributed by atoms with Gasteiger partial charge < -0.3 is 9.72 Å². The average molecular weight is 425 g/mol. The molecule has 2 heterocycles. The summed E-state index contributed by atoms with van der Waals surface area (Å²) < 4.78 is 33.9. The van der Waals surface area contributed by atoms with Gasteiger partial charge in [0, 0.05) is 29.7 Å². The molecule has 4 rings (SSSR count). The summed E-state index contributed by atoms with van der Waals surface area (Å²) in [6.07, 6.45) is 3.41. The molecule has 1 aromatic heterocycles. The Morgan fingerprint density at radius 3 is 2.63 bits per heavy atom. The minimum Gasteiger partial charge on any atom is -0.492 e. The first-order valence-electron chi connectivity index (χ1n) is 9.99. The Bertz CT molecular complexity index is 1140.